The molecule has 0 saturated heterocycles. The predicted molar refractivity (Wildman–Crippen MR) is 122 cm³/mol. The summed E-state index contributed by atoms with van der Waals surface area (Å²) in [5.41, 5.74) is 2.16. The maximum Gasteiger partial charge on any atom is 0.237 e. The monoisotopic (exact) mass is 414 g/mol. The summed E-state index contributed by atoms with van der Waals surface area (Å²) in [5.74, 6) is 0.713. The molecule has 2 N–H and O–H groups in total. The number of hydrogen-bond donors (Lipinski definition) is 2. The fraction of sp³-hybridized carbons (Fsp3) is 0.346. The van der Waals surface area contributed by atoms with Gasteiger partial charge in [0.2, 0.25) is 5.91 Å². The zero-order chi connectivity index (χ0) is 21.3. The molecule has 5 heteroatoms. The van der Waals surface area contributed by atoms with E-state index in [0.29, 0.717) is 12.2 Å². The van der Waals surface area contributed by atoms with E-state index >= 15 is 0 Å². The average molecular weight is 415 g/mol. The van der Waals surface area contributed by atoms with E-state index in [1.807, 2.05) is 54.6 Å². The van der Waals surface area contributed by atoms with Crippen molar-refractivity contribution >= 4 is 5.91 Å². The lowest BCUT2D eigenvalue weighted by Gasteiger charge is -2.28. The number of aromatic nitrogens is 2. The molecule has 0 spiro atoms. The highest BCUT2D eigenvalue weighted by Crippen LogP contribution is 2.21. The zero-order valence-electron chi connectivity index (χ0n) is 17.8. The van der Waals surface area contributed by atoms with Crippen molar-refractivity contribution in [1.82, 2.24) is 20.6 Å². The minimum Gasteiger partial charge on any atom is -0.352 e. The predicted octanol–water partition coefficient (Wildman–Crippen LogP) is 4.22. The van der Waals surface area contributed by atoms with E-state index in [2.05, 4.69) is 32.7 Å². The summed E-state index contributed by atoms with van der Waals surface area (Å²) in [6, 6.07) is 21.7. The Labute approximate surface area is 184 Å². The molecule has 0 aliphatic heterocycles. The molecule has 31 heavy (non-hydrogen) atoms. The Morgan fingerprint density at radius 2 is 1.52 bits per heavy atom. The van der Waals surface area contributed by atoms with E-state index in [1.165, 1.54) is 19.3 Å². The second-order valence-electron chi connectivity index (χ2n) is 8.20. The van der Waals surface area contributed by atoms with Crippen LogP contribution in [-0.2, 0) is 11.2 Å². The number of nitrogens with one attached hydrogen (secondary N) is 2. The summed E-state index contributed by atoms with van der Waals surface area (Å²) in [4.78, 5) is 22.4. The number of carbonyl (C=O) groups excluding carboxylic acids is 1. The van der Waals surface area contributed by atoms with E-state index in [0.717, 1.165) is 24.0 Å². The second kappa shape index (κ2) is 10.8. The van der Waals surface area contributed by atoms with Crippen LogP contribution in [0, 0.1) is 0 Å². The number of carbonyl (C=O) groups is 1. The lowest BCUT2D eigenvalue weighted by atomic mass is 9.94. The Morgan fingerprint density at radius 1 is 0.871 bits per heavy atom. The molecule has 1 aromatic heterocycles. The molecular weight excluding hydrogens is 384 g/mol. The number of benzene rings is 2. The van der Waals surface area contributed by atoms with Gasteiger partial charge in [-0.1, -0.05) is 79.9 Å². The van der Waals surface area contributed by atoms with Crippen molar-refractivity contribution < 1.29 is 4.79 Å². The molecule has 0 radical (unpaired) electrons. The summed E-state index contributed by atoms with van der Waals surface area (Å²) in [6.45, 7) is 0. The summed E-state index contributed by atoms with van der Waals surface area (Å²) in [6.07, 6.45) is 9.86. The lowest BCUT2D eigenvalue weighted by molar-refractivity contribution is -0.124. The number of nitrogens with zero attached hydrogens (tertiary/aromatic N) is 2. The van der Waals surface area contributed by atoms with Gasteiger partial charge in [0.25, 0.3) is 0 Å². The highest BCUT2D eigenvalue weighted by atomic mass is 16.2. The number of rotatable bonds is 8. The normalized spacial score (nSPS) is 16.4. The van der Waals surface area contributed by atoms with Crippen LogP contribution in [-0.4, -0.2) is 28.0 Å². The Balaban J connectivity index is 1.59. The maximum absolute atomic E-state index is 13.4. The Bertz CT molecular complexity index is 888. The molecule has 2 atom stereocenters. The van der Waals surface area contributed by atoms with Crippen molar-refractivity contribution in [3.05, 3.63) is 96.1 Å². The van der Waals surface area contributed by atoms with Gasteiger partial charge in [-0.15, -0.1) is 0 Å². The van der Waals surface area contributed by atoms with Crippen molar-refractivity contribution in [1.29, 1.82) is 0 Å². The average Bonchev–Trinajstić information content (AvgIpc) is 2.84. The van der Waals surface area contributed by atoms with E-state index in [1.54, 1.807) is 12.4 Å². The first-order valence-electron chi connectivity index (χ1n) is 11.2. The van der Waals surface area contributed by atoms with Crippen molar-refractivity contribution in [2.45, 2.75) is 56.7 Å². The first kappa shape index (κ1) is 21.2. The van der Waals surface area contributed by atoms with Crippen LogP contribution in [0.3, 0.4) is 0 Å². The highest BCUT2D eigenvalue weighted by Gasteiger charge is 2.27. The van der Waals surface area contributed by atoms with E-state index in [9.17, 15) is 4.79 Å². The fourth-order valence-electron chi connectivity index (χ4n) is 4.25. The molecule has 1 aliphatic rings. The van der Waals surface area contributed by atoms with Crippen LogP contribution in [0.15, 0.2) is 79.1 Å². The Morgan fingerprint density at radius 3 is 2.19 bits per heavy atom. The number of hydrogen-bond acceptors (Lipinski definition) is 4. The quantitative estimate of drug-likeness (QED) is 0.579. The van der Waals surface area contributed by atoms with Crippen LogP contribution in [0.25, 0.3) is 0 Å². The molecule has 3 aromatic rings. The molecule has 1 amide bonds. The second-order valence-corrected chi connectivity index (χ2v) is 8.20. The van der Waals surface area contributed by atoms with Crippen LogP contribution in [0.1, 0.15) is 55.1 Å². The third-order valence-corrected chi connectivity index (χ3v) is 5.90. The first-order valence-corrected chi connectivity index (χ1v) is 11.2. The van der Waals surface area contributed by atoms with Crippen LogP contribution in [0.5, 0.6) is 0 Å². The van der Waals surface area contributed by atoms with Crippen LogP contribution >= 0.6 is 0 Å². The van der Waals surface area contributed by atoms with Gasteiger partial charge < -0.3 is 5.32 Å². The van der Waals surface area contributed by atoms with Gasteiger partial charge in [0.1, 0.15) is 5.82 Å². The standard InChI is InChI=1S/C26H30N4O/c31-26(29-22-15-8-3-9-16-22)23(19-20-11-4-1-5-12-20)30-24(21-13-6-2-7-14-21)25-27-17-10-18-28-25/h1-2,4-7,10-14,17-18,22-24,30H,3,8-9,15-16,19H2,(H,29,31)/t23-,24+/m0/s1. The largest absolute Gasteiger partial charge is 0.352 e. The Kier molecular flexibility index (Phi) is 7.40. The molecule has 0 bridgehead atoms. The smallest absolute Gasteiger partial charge is 0.237 e. The van der Waals surface area contributed by atoms with Gasteiger partial charge in [0.05, 0.1) is 12.1 Å². The first-order chi connectivity index (χ1) is 15.3. The van der Waals surface area contributed by atoms with E-state index in [-0.39, 0.29) is 18.0 Å². The Hall–Kier alpha value is -3.05. The minimum atomic E-state index is -0.390. The van der Waals surface area contributed by atoms with Gasteiger partial charge in [-0.05, 0) is 36.5 Å². The molecule has 4 rings (SSSR count). The van der Waals surface area contributed by atoms with Gasteiger partial charge in [0, 0.05) is 18.4 Å². The number of amides is 1. The van der Waals surface area contributed by atoms with Crippen LogP contribution in [0.2, 0.25) is 0 Å². The lowest BCUT2D eigenvalue weighted by Crippen LogP contribution is -2.50. The van der Waals surface area contributed by atoms with Crippen molar-refractivity contribution in [3.63, 3.8) is 0 Å². The molecule has 2 aromatic carbocycles. The fourth-order valence-corrected chi connectivity index (χ4v) is 4.25. The third-order valence-electron chi connectivity index (χ3n) is 5.90. The van der Waals surface area contributed by atoms with Gasteiger partial charge in [-0.2, -0.15) is 0 Å². The molecule has 160 valence electrons. The molecule has 5 nitrogen and oxygen atoms in total. The zero-order valence-corrected chi connectivity index (χ0v) is 17.8. The van der Waals surface area contributed by atoms with Crippen molar-refractivity contribution in [3.8, 4) is 0 Å². The van der Waals surface area contributed by atoms with Gasteiger partial charge in [-0.25, -0.2) is 9.97 Å². The molecule has 1 heterocycles. The topological polar surface area (TPSA) is 66.9 Å². The van der Waals surface area contributed by atoms with Gasteiger partial charge in [-0.3, -0.25) is 10.1 Å². The van der Waals surface area contributed by atoms with Crippen molar-refractivity contribution in [2.75, 3.05) is 0 Å². The highest BCUT2D eigenvalue weighted by molar-refractivity contribution is 5.82. The minimum absolute atomic E-state index is 0.0487. The van der Waals surface area contributed by atoms with E-state index < -0.39 is 6.04 Å². The molecule has 0 unspecified atom stereocenters. The van der Waals surface area contributed by atoms with Gasteiger partial charge in [0.15, 0.2) is 0 Å². The molecule has 1 aliphatic carbocycles. The summed E-state index contributed by atoms with van der Waals surface area (Å²) in [5, 5.41) is 6.89. The van der Waals surface area contributed by atoms with Crippen molar-refractivity contribution in [2.24, 2.45) is 0 Å². The SMILES string of the molecule is O=C(NC1CCCCC1)[C@H](Cc1ccccc1)N[C@H](c1ccccc1)c1ncccn1. The maximum atomic E-state index is 13.4. The van der Waals surface area contributed by atoms with Crippen LogP contribution in [0.4, 0.5) is 0 Å². The van der Waals surface area contributed by atoms with Gasteiger partial charge >= 0.3 is 0 Å². The summed E-state index contributed by atoms with van der Waals surface area (Å²) in [7, 11) is 0. The molecular formula is C26H30N4O. The molecule has 1 fully saturated rings. The summed E-state index contributed by atoms with van der Waals surface area (Å²) < 4.78 is 0. The third kappa shape index (κ3) is 5.98. The van der Waals surface area contributed by atoms with E-state index in [4.69, 9.17) is 0 Å². The molecule has 1 saturated carbocycles. The summed E-state index contributed by atoms with van der Waals surface area (Å²) >= 11 is 0. The van der Waals surface area contributed by atoms with Crippen LogP contribution < -0.4 is 10.6 Å².